The smallest absolute Gasteiger partial charge is 0.0766 e. The Morgan fingerprint density at radius 1 is 1.00 bits per heavy atom. The van der Waals surface area contributed by atoms with E-state index in [-0.39, 0.29) is 0 Å². The molecule has 0 saturated heterocycles. The van der Waals surface area contributed by atoms with Crippen molar-refractivity contribution in [1.29, 1.82) is 0 Å². The summed E-state index contributed by atoms with van der Waals surface area (Å²) in [6, 6.07) is 0. The van der Waals surface area contributed by atoms with E-state index >= 15 is 0 Å². The number of rotatable bonds is 6. The van der Waals surface area contributed by atoms with Crippen LogP contribution in [0, 0.1) is 0 Å². The molecule has 0 aromatic carbocycles. The molecule has 0 fully saturated rings. The van der Waals surface area contributed by atoms with Crippen LogP contribution >= 0.6 is 0 Å². The fourth-order valence-corrected chi connectivity index (χ4v) is 1.10. The van der Waals surface area contributed by atoms with Crippen molar-refractivity contribution in [2.24, 2.45) is 0 Å². The number of hydrogen-bond acceptors (Lipinski definition) is 3. The van der Waals surface area contributed by atoms with E-state index < -0.39 is 11.2 Å². The summed E-state index contributed by atoms with van der Waals surface area (Å²) in [4.78, 5) is 0. The van der Waals surface area contributed by atoms with E-state index in [0.717, 1.165) is 12.8 Å². The summed E-state index contributed by atoms with van der Waals surface area (Å²) in [6.07, 6.45) is 1.48. The molecule has 0 atom stereocenters. The number of aliphatic hydroxyl groups is 2. The van der Waals surface area contributed by atoms with Gasteiger partial charge in [0.1, 0.15) is 0 Å². The summed E-state index contributed by atoms with van der Waals surface area (Å²) in [5.74, 6) is 0. The van der Waals surface area contributed by atoms with Crippen LogP contribution in [-0.2, 0) is 0 Å². The summed E-state index contributed by atoms with van der Waals surface area (Å²) in [5, 5.41) is 22.4. The first-order valence-corrected chi connectivity index (χ1v) is 4.98. The summed E-state index contributed by atoms with van der Waals surface area (Å²) in [5.41, 5.74) is -1.33. The maximum atomic E-state index is 9.88. The zero-order chi connectivity index (χ0) is 10.5. The molecule has 0 bridgehead atoms. The molecule has 0 amide bonds. The molecule has 3 nitrogen and oxygen atoms in total. The second-order valence-electron chi connectivity index (χ2n) is 4.35. The molecule has 3 heteroatoms. The highest BCUT2D eigenvalue weighted by atomic mass is 16.3. The molecule has 0 radical (unpaired) electrons. The monoisotopic (exact) mass is 189 g/mol. The van der Waals surface area contributed by atoms with Crippen LogP contribution in [0.4, 0.5) is 0 Å². The van der Waals surface area contributed by atoms with Crippen molar-refractivity contribution >= 4 is 0 Å². The second-order valence-corrected chi connectivity index (χ2v) is 4.35. The molecular formula is C10H23NO2. The third-order valence-electron chi connectivity index (χ3n) is 2.33. The average molecular weight is 189 g/mol. The van der Waals surface area contributed by atoms with Gasteiger partial charge in [-0.2, -0.15) is 0 Å². The molecule has 80 valence electrons. The first kappa shape index (κ1) is 12.9. The lowest BCUT2D eigenvalue weighted by Gasteiger charge is -2.27. The van der Waals surface area contributed by atoms with Gasteiger partial charge in [-0.15, -0.1) is 0 Å². The van der Waals surface area contributed by atoms with E-state index in [4.69, 9.17) is 0 Å². The fraction of sp³-hybridized carbons (Fsp3) is 1.00. The zero-order valence-electron chi connectivity index (χ0n) is 9.22. The van der Waals surface area contributed by atoms with Gasteiger partial charge in [0.25, 0.3) is 0 Å². The molecular weight excluding hydrogens is 166 g/mol. The largest absolute Gasteiger partial charge is 0.389 e. The molecule has 0 aromatic rings. The standard InChI is InChI=1S/C10H23NO2/c1-5-10(13,6-2)8-11-7-9(3,4)12/h11-13H,5-8H2,1-4H3. The van der Waals surface area contributed by atoms with Crippen LogP contribution in [0.3, 0.4) is 0 Å². The minimum atomic E-state index is -0.706. The maximum absolute atomic E-state index is 9.88. The first-order chi connectivity index (χ1) is 5.83. The van der Waals surface area contributed by atoms with Crippen molar-refractivity contribution in [3.8, 4) is 0 Å². The average Bonchev–Trinajstić information content (AvgIpc) is 2.02. The summed E-state index contributed by atoms with van der Waals surface area (Å²) in [6.45, 7) is 8.48. The van der Waals surface area contributed by atoms with Gasteiger partial charge in [0.2, 0.25) is 0 Å². The van der Waals surface area contributed by atoms with Gasteiger partial charge in [-0.3, -0.25) is 0 Å². The van der Waals surface area contributed by atoms with Gasteiger partial charge in [-0.1, -0.05) is 13.8 Å². The highest BCUT2D eigenvalue weighted by molar-refractivity contribution is 4.79. The lowest BCUT2D eigenvalue weighted by molar-refractivity contribution is 0.0218. The molecule has 0 saturated carbocycles. The lowest BCUT2D eigenvalue weighted by Crippen LogP contribution is -2.44. The zero-order valence-corrected chi connectivity index (χ0v) is 9.22. The number of hydrogen-bond donors (Lipinski definition) is 3. The van der Waals surface area contributed by atoms with Crippen LogP contribution in [0.15, 0.2) is 0 Å². The molecule has 0 unspecified atom stereocenters. The van der Waals surface area contributed by atoms with Crippen molar-refractivity contribution in [1.82, 2.24) is 5.32 Å². The topological polar surface area (TPSA) is 52.5 Å². The minimum Gasteiger partial charge on any atom is -0.389 e. The van der Waals surface area contributed by atoms with Crippen molar-refractivity contribution in [3.63, 3.8) is 0 Å². The van der Waals surface area contributed by atoms with E-state index in [9.17, 15) is 10.2 Å². The molecule has 0 rings (SSSR count). The highest BCUT2D eigenvalue weighted by Crippen LogP contribution is 2.13. The minimum absolute atomic E-state index is 0.509. The Kier molecular flexibility index (Phi) is 4.89. The van der Waals surface area contributed by atoms with E-state index in [0.29, 0.717) is 13.1 Å². The summed E-state index contributed by atoms with van der Waals surface area (Å²) < 4.78 is 0. The Morgan fingerprint density at radius 2 is 1.46 bits per heavy atom. The predicted molar refractivity (Wildman–Crippen MR) is 54.7 cm³/mol. The van der Waals surface area contributed by atoms with Gasteiger partial charge < -0.3 is 15.5 Å². The molecule has 13 heavy (non-hydrogen) atoms. The third-order valence-corrected chi connectivity index (χ3v) is 2.33. The van der Waals surface area contributed by atoms with Crippen molar-refractivity contribution in [3.05, 3.63) is 0 Å². The predicted octanol–water partition coefficient (Wildman–Crippen LogP) is 0.898. The van der Waals surface area contributed by atoms with Gasteiger partial charge in [0.05, 0.1) is 11.2 Å². The van der Waals surface area contributed by atoms with Crippen LogP contribution in [0.1, 0.15) is 40.5 Å². The number of nitrogens with one attached hydrogen (secondary N) is 1. The van der Waals surface area contributed by atoms with E-state index in [1.54, 1.807) is 13.8 Å². The molecule has 0 aliphatic heterocycles. The Hall–Kier alpha value is -0.120. The second kappa shape index (κ2) is 4.94. The van der Waals surface area contributed by atoms with Crippen molar-refractivity contribution < 1.29 is 10.2 Å². The fourth-order valence-electron chi connectivity index (χ4n) is 1.10. The van der Waals surface area contributed by atoms with Crippen LogP contribution in [0.5, 0.6) is 0 Å². The Labute approximate surface area is 81.2 Å². The van der Waals surface area contributed by atoms with Gasteiger partial charge in [0.15, 0.2) is 0 Å². The van der Waals surface area contributed by atoms with Gasteiger partial charge in [0, 0.05) is 13.1 Å². The maximum Gasteiger partial charge on any atom is 0.0766 e. The SMILES string of the molecule is CCC(O)(CC)CNCC(C)(C)O. The third kappa shape index (κ3) is 6.02. The lowest BCUT2D eigenvalue weighted by atomic mass is 9.97. The normalized spacial score (nSPS) is 13.4. The Morgan fingerprint density at radius 3 is 1.77 bits per heavy atom. The summed E-state index contributed by atoms with van der Waals surface area (Å²) in [7, 11) is 0. The molecule has 3 N–H and O–H groups in total. The van der Waals surface area contributed by atoms with Crippen LogP contribution in [0.25, 0.3) is 0 Å². The van der Waals surface area contributed by atoms with Crippen LogP contribution in [0.2, 0.25) is 0 Å². The highest BCUT2D eigenvalue weighted by Gasteiger charge is 2.22. The Bertz CT molecular complexity index is 136. The van der Waals surface area contributed by atoms with Crippen molar-refractivity contribution in [2.45, 2.75) is 51.7 Å². The summed E-state index contributed by atoms with van der Waals surface area (Å²) >= 11 is 0. The van der Waals surface area contributed by atoms with Gasteiger partial charge in [-0.05, 0) is 26.7 Å². The van der Waals surface area contributed by atoms with E-state index in [1.165, 1.54) is 0 Å². The van der Waals surface area contributed by atoms with Crippen LogP contribution in [-0.4, -0.2) is 34.5 Å². The molecule has 0 aromatic heterocycles. The molecule has 0 aliphatic rings. The quantitative estimate of drug-likeness (QED) is 0.582. The first-order valence-electron chi connectivity index (χ1n) is 4.98. The Balaban J connectivity index is 3.74. The van der Waals surface area contributed by atoms with Crippen LogP contribution < -0.4 is 5.32 Å². The molecule has 0 heterocycles. The van der Waals surface area contributed by atoms with Gasteiger partial charge >= 0.3 is 0 Å². The van der Waals surface area contributed by atoms with E-state index in [1.807, 2.05) is 13.8 Å². The molecule has 0 spiro atoms. The van der Waals surface area contributed by atoms with Crippen molar-refractivity contribution in [2.75, 3.05) is 13.1 Å². The molecule has 0 aliphatic carbocycles. The van der Waals surface area contributed by atoms with Gasteiger partial charge in [-0.25, -0.2) is 0 Å². The van der Waals surface area contributed by atoms with E-state index in [2.05, 4.69) is 5.32 Å².